The molecule has 0 aromatic heterocycles. The van der Waals surface area contributed by atoms with E-state index in [9.17, 15) is 9.90 Å². The lowest BCUT2D eigenvalue weighted by Crippen LogP contribution is -2.46. The van der Waals surface area contributed by atoms with Gasteiger partial charge in [-0.1, -0.05) is 35.3 Å². The van der Waals surface area contributed by atoms with Gasteiger partial charge >= 0.3 is 5.97 Å². The maximum atomic E-state index is 11.3. The summed E-state index contributed by atoms with van der Waals surface area (Å²) in [5, 5.41) is 10.4. The van der Waals surface area contributed by atoms with Crippen LogP contribution >= 0.6 is 23.2 Å². The molecule has 1 aliphatic rings. The van der Waals surface area contributed by atoms with Gasteiger partial charge in [-0.25, -0.2) is 0 Å². The molecule has 1 heterocycles. The van der Waals surface area contributed by atoms with Gasteiger partial charge in [0.05, 0.1) is 12.7 Å². The molecule has 0 spiro atoms. The van der Waals surface area contributed by atoms with Gasteiger partial charge in [0.2, 0.25) is 0 Å². The van der Waals surface area contributed by atoms with Gasteiger partial charge < -0.3 is 14.6 Å². The van der Waals surface area contributed by atoms with Crippen molar-refractivity contribution in [2.75, 3.05) is 19.7 Å². The largest absolute Gasteiger partial charge is 0.489 e. The Balaban J connectivity index is 1.69. The highest BCUT2D eigenvalue weighted by atomic mass is 35.5. The van der Waals surface area contributed by atoms with Crippen LogP contribution in [0, 0.1) is 6.92 Å². The summed E-state index contributed by atoms with van der Waals surface area (Å²) in [6, 6.07) is 10.6. The number of rotatable bonds is 6. The van der Waals surface area contributed by atoms with Crippen LogP contribution in [0.15, 0.2) is 36.4 Å². The number of carboxylic acids is 1. The van der Waals surface area contributed by atoms with Crippen molar-refractivity contribution in [2.24, 2.45) is 0 Å². The Labute approximate surface area is 174 Å². The first-order chi connectivity index (χ1) is 13.4. The van der Waals surface area contributed by atoms with E-state index in [1.54, 1.807) is 25.1 Å². The zero-order valence-electron chi connectivity index (χ0n) is 15.8. The van der Waals surface area contributed by atoms with Crippen molar-refractivity contribution >= 4 is 29.2 Å². The summed E-state index contributed by atoms with van der Waals surface area (Å²) < 4.78 is 11.8. The first-order valence-electron chi connectivity index (χ1n) is 9.11. The Bertz CT molecular complexity index is 838. The van der Waals surface area contributed by atoms with Crippen LogP contribution in [0.5, 0.6) is 5.75 Å². The van der Waals surface area contributed by atoms with Crippen molar-refractivity contribution in [3.63, 3.8) is 0 Å². The molecule has 2 aromatic carbocycles. The van der Waals surface area contributed by atoms with E-state index >= 15 is 0 Å². The van der Waals surface area contributed by atoms with Crippen molar-refractivity contribution in [2.45, 2.75) is 32.6 Å². The molecular formula is C21H23Cl2NO4. The van der Waals surface area contributed by atoms with Crippen LogP contribution in [0.2, 0.25) is 10.0 Å². The molecule has 1 fully saturated rings. The minimum Gasteiger partial charge on any atom is -0.489 e. The molecule has 1 saturated heterocycles. The van der Waals surface area contributed by atoms with Crippen LogP contribution in [0.25, 0.3) is 0 Å². The van der Waals surface area contributed by atoms with E-state index in [2.05, 4.69) is 0 Å². The van der Waals surface area contributed by atoms with Crippen LogP contribution in [0.1, 0.15) is 29.7 Å². The molecule has 150 valence electrons. The highest BCUT2D eigenvalue weighted by molar-refractivity contribution is 6.35. The van der Waals surface area contributed by atoms with Gasteiger partial charge in [0.1, 0.15) is 18.4 Å². The first-order valence-corrected chi connectivity index (χ1v) is 9.87. The van der Waals surface area contributed by atoms with Gasteiger partial charge in [0.15, 0.2) is 0 Å². The third kappa shape index (κ3) is 4.78. The number of ether oxygens (including phenoxy) is 2. The molecular weight excluding hydrogens is 401 g/mol. The minimum atomic E-state index is -0.820. The number of carbonyl (C=O) groups is 1. The number of halogens is 2. The van der Waals surface area contributed by atoms with Crippen molar-refractivity contribution in [1.82, 2.24) is 4.90 Å². The van der Waals surface area contributed by atoms with Crippen LogP contribution in [0.3, 0.4) is 0 Å². The zero-order valence-corrected chi connectivity index (χ0v) is 17.3. The highest BCUT2D eigenvalue weighted by Gasteiger charge is 2.29. The quantitative estimate of drug-likeness (QED) is 0.727. The number of nitrogens with zero attached hydrogens (tertiary/aromatic N) is 1. The summed E-state index contributed by atoms with van der Waals surface area (Å²) in [5.41, 5.74) is 2.81. The molecule has 7 heteroatoms. The molecule has 2 atom stereocenters. The lowest BCUT2D eigenvalue weighted by Gasteiger charge is -2.35. The van der Waals surface area contributed by atoms with Crippen molar-refractivity contribution < 1.29 is 19.4 Å². The third-order valence-corrected chi connectivity index (χ3v) is 5.74. The zero-order chi connectivity index (χ0) is 20.3. The second-order valence-electron chi connectivity index (χ2n) is 6.88. The fraction of sp³-hybridized carbons (Fsp3) is 0.381. The first kappa shape index (κ1) is 20.9. The Morgan fingerprint density at radius 1 is 1.32 bits per heavy atom. The summed E-state index contributed by atoms with van der Waals surface area (Å²) in [7, 11) is 0. The average Bonchev–Trinajstić information content (AvgIpc) is 2.67. The van der Waals surface area contributed by atoms with Crippen LogP contribution < -0.4 is 4.74 Å². The second-order valence-corrected chi connectivity index (χ2v) is 7.69. The monoisotopic (exact) mass is 423 g/mol. The van der Waals surface area contributed by atoms with Crippen molar-refractivity contribution in [3.8, 4) is 5.75 Å². The Kier molecular flexibility index (Phi) is 6.83. The summed E-state index contributed by atoms with van der Waals surface area (Å²) >= 11 is 12.4. The maximum absolute atomic E-state index is 11.3. The summed E-state index contributed by atoms with van der Waals surface area (Å²) in [5.74, 6) is -0.108. The van der Waals surface area contributed by atoms with Gasteiger partial charge in [0, 0.05) is 28.7 Å². The summed E-state index contributed by atoms with van der Waals surface area (Å²) in [6.45, 7) is 5.64. The minimum absolute atomic E-state index is 0.164. The van der Waals surface area contributed by atoms with Gasteiger partial charge in [-0.3, -0.25) is 9.69 Å². The van der Waals surface area contributed by atoms with Crippen LogP contribution in [-0.2, 0) is 16.1 Å². The lowest BCUT2D eigenvalue weighted by molar-refractivity contribution is -0.145. The molecule has 3 rings (SSSR count). The SMILES string of the molecule is Cc1cc(OCc2c(Cl)cccc2Cl)ccc1C1CN(C(C)C(=O)O)CCO1. The average molecular weight is 424 g/mol. The fourth-order valence-electron chi connectivity index (χ4n) is 3.29. The second kappa shape index (κ2) is 9.14. The molecule has 0 radical (unpaired) electrons. The molecule has 2 aromatic rings. The van der Waals surface area contributed by atoms with Gasteiger partial charge in [-0.15, -0.1) is 0 Å². The predicted octanol–water partition coefficient (Wildman–Crippen LogP) is 4.73. The van der Waals surface area contributed by atoms with Crippen molar-refractivity contribution in [1.29, 1.82) is 0 Å². The molecule has 0 aliphatic carbocycles. The number of aryl methyl sites for hydroxylation is 1. The van der Waals surface area contributed by atoms with Gasteiger partial charge in [-0.2, -0.15) is 0 Å². The van der Waals surface area contributed by atoms with Gasteiger partial charge in [-0.05, 0) is 49.2 Å². The van der Waals surface area contributed by atoms with E-state index in [1.807, 2.05) is 30.0 Å². The van der Waals surface area contributed by atoms with E-state index in [1.165, 1.54) is 0 Å². The highest BCUT2D eigenvalue weighted by Crippen LogP contribution is 2.30. The van der Waals surface area contributed by atoms with E-state index in [4.69, 9.17) is 32.7 Å². The van der Waals surface area contributed by atoms with E-state index in [-0.39, 0.29) is 12.7 Å². The topological polar surface area (TPSA) is 59.0 Å². The lowest BCUT2D eigenvalue weighted by atomic mass is 10.0. The summed E-state index contributed by atoms with van der Waals surface area (Å²) in [6.07, 6.45) is -0.164. The fourth-order valence-corrected chi connectivity index (χ4v) is 3.80. The molecule has 1 aliphatic heterocycles. The molecule has 0 amide bonds. The Morgan fingerprint density at radius 2 is 2.04 bits per heavy atom. The normalized spacial score (nSPS) is 18.6. The number of hydrogen-bond donors (Lipinski definition) is 1. The Hall–Kier alpha value is -1.79. The number of carboxylic acid groups (broad SMARTS) is 1. The number of hydrogen-bond acceptors (Lipinski definition) is 4. The predicted molar refractivity (Wildman–Crippen MR) is 109 cm³/mol. The molecule has 0 saturated carbocycles. The number of benzene rings is 2. The van der Waals surface area contributed by atoms with Gasteiger partial charge in [0.25, 0.3) is 0 Å². The molecule has 5 nitrogen and oxygen atoms in total. The number of aliphatic carboxylic acids is 1. The smallest absolute Gasteiger partial charge is 0.320 e. The van der Waals surface area contributed by atoms with E-state index < -0.39 is 12.0 Å². The van der Waals surface area contributed by atoms with E-state index in [0.717, 1.165) is 16.7 Å². The van der Waals surface area contributed by atoms with Crippen molar-refractivity contribution in [3.05, 3.63) is 63.1 Å². The van der Waals surface area contributed by atoms with E-state index in [0.29, 0.717) is 35.5 Å². The number of morpholine rings is 1. The molecule has 0 bridgehead atoms. The maximum Gasteiger partial charge on any atom is 0.320 e. The molecule has 2 unspecified atom stereocenters. The third-order valence-electron chi connectivity index (χ3n) is 5.04. The Morgan fingerprint density at radius 3 is 2.68 bits per heavy atom. The summed E-state index contributed by atoms with van der Waals surface area (Å²) in [4.78, 5) is 13.2. The van der Waals surface area contributed by atoms with Crippen LogP contribution in [-0.4, -0.2) is 41.7 Å². The standard InChI is InChI=1S/C21H23Cl2NO4/c1-13-10-15(28-12-17-18(22)4-3-5-19(17)23)6-7-16(13)20-11-24(8-9-27-20)14(2)21(25)26/h3-7,10,14,20H,8-9,11-12H2,1-2H3,(H,25,26). The van der Waals surface area contributed by atoms with Crippen LogP contribution in [0.4, 0.5) is 0 Å². The molecule has 1 N–H and O–H groups in total. The molecule has 28 heavy (non-hydrogen) atoms.